The van der Waals surface area contributed by atoms with E-state index in [9.17, 15) is 4.79 Å². The molecule has 142 valence electrons. The van der Waals surface area contributed by atoms with Gasteiger partial charge in [0.15, 0.2) is 5.82 Å². The Labute approximate surface area is 165 Å². The third-order valence-corrected chi connectivity index (χ3v) is 6.33. The molecule has 2 aromatic rings. The van der Waals surface area contributed by atoms with Gasteiger partial charge >= 0.3 is 0 Å². The Morgan fingerprint density at radius 1 is 0.963 bits per heavy atom. The van der Waals surface area contributed by atoms with Crippen molar-refractivity contribution in [2.75, 3.05) is 31.1 Å². The van der Waals surface area contributed by atoms with E-state index in [0.29, 0.717) is 5.91 Å². The second-order valence-electron chi connectivity index (χ2n) is 7.27. The molecule has 0 aliphatic carbocycles. The molecule has 27 heavy (non-hydrogen) atoms. The molecule has 2 aliphatic heterocycles. The van der Waals surface area contributed by atoms with Gasteiger partial charge in [0.25, 0.3) is 0 Å². The predicted molar refractivity (Wildman–Crippen MR) is 108 cm³/mol. The number of benzene rings is 1. The van der Waals surface area contributed by atoms with Gasteiger partial charge in [0, 0.05) is 43.5 Å². The number of carbonyl (C=O) groups excluding carboxylic acids is 1. The first-order valence-electron chi connectivity index (χ1n) is 9.89. The van der Waals surface area contributed by atoms with Gasteiger partial charge < -0.3 is 9.80 Å². The van der Waals surface area contributed by atoms with Gasteiger partial charge in [-0.3, -0.25) is 4.79 Å². The first-order valence-corrected chi connectivity index (χ1v) is 10.7. The van der Waals surface area contributed by atoms with E-state index < -0.39 is 0 Å². The summed E-state index contributed by atoms with van der Waals surface area (Å²) in [6, 6.07) is 10.3. The van der Waals surface area contributed by atoms with E-state index in [-0.39, 0.29) is 5.92 Å². The molecule has 1 aromatic heterocycles. The minimum Gasteiger partial charge on any atom is -0.354 e. The monoisotopic (exact) mass is 382 g/mol. The van der Waals surface area contributed by atoms with Crippen LogP contribution in [0.15, 0.2) is 52.6 Å². The molecular formula is C21H26N4OS. The smallest absolute Gasteiger partial charge is 0.227 e. The Bertz CT molecular complexity index is 764. The zero-order chi connectivity index (χ0) is 18.5. The van der Waals surface area contributed by atoms with Gasteiger partial charge in [-0.05, 0) is 44.2 Å². The van der Waals surface area contributed by atoms with E-state index in [1.807, 2.05) is 18.2 Å². The Morgan fingerprint density at radius 3 is 2.56 bits per heavy atom. The van der Waals surface area contributed by atoms with Gasteiger partial charge in [0.05, 0.1) is 5.92 Å². The number of nitrogens with zero attached hydrogens (tertiary/aromatic N) is 4. The molecule has 6 heteroatoms. The second kappa shape index (κ2) is 8.74. The Morgan fingerprint density at radius 2 is 1.74 bits per heavy atom. The van der Waals surface area contributed by atoms with Gasteiger partial charge in [-0.1, -0.05) is 30.0 Å². The fourth-order valence-corrected chi connectivity index (χ4v) is 4.85. The van der Waals surface area contributed by atoms with Gasteiger partial charge in [-0.2, -0.15) is 0 Å². The van der Waals surface area contributed by atoms with Crippen molar-refractivity contribution in [1.29, 1.82) is 0 Å². The lowest BCUT2D eigenvalue weighted by molar-refractivity contribution is -0.136. The number of anilines is 1. The van der Waals surface area contributed by atoms with E-state index >= 15 is 0 Å². The average molecular weight is 383 g/mol. The van der Waals surface area contributed by atoms with E-state index in [0.717, 1.165) is 67.6 Å². The van der Waals surface area contributed by atoms with Crippen LogP contribution in [0.5, 0.6) is 0 Å². The molecule has 0 radical (unpaired) electrons. The van der Waals surface area contributed by atoms with Crippen molar-refractivity contribution in [3.05, 3.63) is 42.7 Å². The molecule has 4 rings (SSSR count). The molecule has 0 spiro atoms. The number of aromatic nitrogens is 2. The highest BCUT2D eigenvalue weighted by Crippen LogP contribution is 2.34. The van der Waals surface area contributed by atoms with Crippen molar-refractivity contribution in [1.82, 2.24) is 14.9 Å². The molecule has 1 unspecified atom stereocenters. The fraction of sp³-hybridized carbons (Fsp3) is 0.476. The molecular weight excluding hydrogens is 356 g/mol. The van der Waals surface area contributed by atoms with Crippen LogP contribution >= 0.6 is 11.8 Å². The molecule has 2 aliphatic rings. The molecule has 1 aromatic carbocycles. The third-order valence-electron chi connectivity index (χ3n) is 5.34. The lowest BCUT2D eigenvalue weighted by Crippen LogP contribution is -2.46. The number of carbonyl (C=O) groups is 1. The van der Waals surface area contributed by atoms with E-state index in [2.05, 4.69) is 31.9 Å². The van der Waals surface area contributed by atoms with Crippen LogP contribution < -0.4 is 4.90 Å². The molecule has 2 saturated heterocycles. The minimum atomic E-state index is 0.0773. The van der Waals surface area contributed by atoms with Gasteiger partial charge in [0.1, 0.15) is 5.03 Å². The lowest BCUT2D eigenvalue weighted by Gasteiger charge is -2.37. The van der Waals surface area contributed by atoms with Crippen LogP contribution in [0.3, 0.4) is 0 Å². The first kappa shape index (κ1) is 18.3. The van der Waals surface area contributed by atoms with Gasteiger partial charge in [-0.15, -0.1) is 0 Å². The maximum atomic E-state index is 13.0. The van der Waals surface area contributed by atoms with Crippen molar-refractivity contribution in [2.45, 2.75) is 42.0 Å². The Balaban J connectivity index is 1.49. The number of amides is 1. The van der Waals surface area contributed by atoms with Crippen LogP contribution in [0, 0.1) is 5.92 Å². The molecule has 0 saturated carbocycles. The quantitative estimate of drug-likeness (QED) is 0.804. The van der Waals surface area contributed by atoms with Crippen molar-refractivity contribution >= 4 is 23.5 Å². The molecule has 1 atom stereocenters. The number of hydrogen-bond acceptors (Lipinski definition) is 5. The first-order chi connectivity index (χ1) is 13.3. The van der Waals surface area contributed by atoms with Crippen LogP contribution in [-0.4, -0.2) is 47.0 Å². The number of piperidine rings is 2. The highest BCUT2D eigenvalue weighted by atomic mass is 32.2. The molecule has 0 N–H and O–H groups in total. The zero-order valence-electron chi connectivity index (χ0n) is 15.6. The molecule has 2 fully saturated rings. The van der Waals surface area contributed by atoms with Crippen LogP contribution in [0.1, 0.15) is 32.1 Å². The standard InChI is InChI=1S/C21H26N4OS/c26-21(24-13-5-2-6-14-24)17-8-7-15-25(16-17)19-20(23-12-11-22-19)27-18-9-3-1-4-10-18/h1,3-4,9-12,17H,2,5-8,13-16H2. The van der Waals surface area contributed by atoms with Crippen molar-refractivity contribution in [2.24, 2.45) is 5.92 Å². The maximum Gasteiger partial charge on any atom is 0.227 e. The van der Waals surface area contributed by atoms with Gasteiger partial charge in [-0.25, -0.2) is 9.97 Å². The van der Waals surface area contributed by atoms with Crippen LogP contribution in [-0.2, 0) is 4.79 Å². The average Bonchev–Trinajstić information content (AvgIpc) is 2.75. The number of likely N-dealkylation sites (tertiary alicyclic amines) is 1. The second-order valence-corrected chi connectivity index (χ2v) is 8.33. The summed E-state index contributed by atoms with van der Waals surface area (Å²) in [7, 11) is 0. The lowest BCUT2D eigenvalue weighted by atomic mass is 9.95. The summed E-state index contributed by atoms with van der Waals surface area (Å²) in [5.41, 5.74) is 0. The van der Waals surface area contributed by atoms with Crippen molar-refractivity contribution in [3.63, 3.8) is 0 Å². The topological polar surface area (TPSA) is 49.3 Å². The third kappa shape index (κ3) is 4.43. The molecule has 1 amide bonds. The number of rotatable bonds is 4. The SMILES string of the molecule is O=C(C1CCCN(c2nccnc2Sc2ccccc2)C1)N1CCCCC1. The normalized spacial score (nSPS) is 20.5. The highest BCUT2D eigenvalue weighted by Gasteiger charge is 2.31. The molecule has 5 nitrogen and oxygen atoms in total. The van der Waals surface area contributed by atoms with Crippen LogP contribution in [0.4, 0.5) is 5.82 Å². The minimum absolute atomic E-state index is 0.0773. The molecule has 3 heterocycles. The summed E-state index contributed by atoms with van der Waals surface area (Å²) in [4.78, 5) is 27.6. The van der Waals surface area contributed by atoms with Gasteiger partial charge in [0.2, 0.25) is 5.91 Å². The molecule has 0 bridgehead atoms. The maximum absolute atomic E-state index is 13.0. The van der Waals surface area contributed by atoms with E-state index in [4.69, 9.17) is 0 Å². The summed E-state index contributed by atoms with van der Waals surface area (Å²) in [5, 5.41) is 0.912. The summed E-state index contributed by atoms with van der Waals surface area (Å²) in [6.45, 7) is 3.53. The zero-order valence-corrected chi connectivity index (χ0v) is 16.4. The van der Waals surface area contributed by atoms with Crippen molar-refractivity contribution < 1.29 is 4.79 Å². The predicted octanol–water partition coefficient (Wildman–Crippen LogP) is 3.86. The highest BCUT2D eigenvalue weighted by molar-refractivity contribution is 7.99. The summed E-state index contributed by atoms with van der Waals surface area (Å²) in [5.74, 6) is 1.32. The Hall–Kier alpha value is -2.08. The van der Waals surface area contributed by atoms with E-state index in [1.54, 1.807) is 24.2 Å². The van der Waals surface area contributed by atoms with E-state index in [1.165, 1.54) is 6.42 Å². The van der Waals surface area contributed by atoms with Crippen molar-refractivity contribution in [3.8, 4) is 0 Å². The van der Waals surface area contributed by atoms with Crippen LogP contribution in [0.25, 0.3) is 0 Å². The number of hydrogen-bond donors (Lipinski definition) is 0. The summed E-state index contributed by atoms with van der Waals surface area (Å²) in [6.07, 6.45) is 9.04. The largest absolute Gasteiger partial charge is 0.354 e. The fourth-order valence-electron chi connectivity index (χ4n) is 3.95. The van der Waals surface area contributed by atoms with Crippen LogP contribution in [0.2, 0.25) is 0 Å². The summed E-state index contributed by atoms with van der Waals surface area (Å²) < 4.78 is 0. The Kier molecular flexibility index (Phi) is 5.92. The summed E-state index contributed by atoms with van der Waals surface area (Å²) >= 11 is 1.63.